The fourth-order valence-electron chi connectivity index (χ4n) is 4.32. The van der Waals surface area contributed by atoms with Crippen molar-refractivity contribution in [1.82, 2.24) is 4.90 Å². The number of aliphatic imine (C=N–C) groups is 1. The fourth-order valence-corrected chi connectivity index (χ4v) is 4.32. The monoisotopic (exact) mass is 496 g/mol. The summed E-state index contributed by atoms with van der Waals surface area (Å²) in [6.45, 7) is 0.197. The van der Waals surface area contributed by atoms with Crippen molar-refractivity contribution in [1.29, 1.82) is 0 Å². The number of fused-ring (bicyclic) bond motifs is 1. The number of furan rings is 1. The lowest BCUT2D eigenvalue weighted by molar-refractivity contribution is -0.164. The molecule has 3 atom stereocenters. The van der Waals surface area contributed by atoms with Gasteiger partial charge in [-0.25, -0.2) is 0 Å². The summed E-state index contributed by atoms with van der Waals surface area (Å²) >= 11 is 0. The van der Waals surface area contributed by atoms with Crippen molar-refractivity contribution in [2.24, 2.45) is 10.9 Å². The highest BCUT2D eigenvalue weighted by atomic mass is 19.4. The zero-order valence-corrected chi connectivity index (χ0v) is 18.5. The van der Waals surface area contributed by atoms with Crippen LogP contribution in [0.3, 0.4) is 0 Å². The molecule has 0 saturated carbocycles. The Labute approximate surface area is 197 Å². The van der Waals surface area contributed by atoms with Gasteiger partial charge >= 0.3 is 12.4 Å². The molecule has 0 fully saturated rings. The van der Waals surface area contributed by atoms with Gasteiger partial charge in [0.25, 0.3) is 0 Å². The van der Waals surface area contributed by atoms with Crippen molar-refractivity contribution in [2.75, 3.05) is 13.6 Å². The molecule has 1 aromatic carbocycles. The number of aliphatic hydroxyl groups excluding tert-OH is 1. The first-order valence-electron chi connectivity index (χ1n) is 10.8. The van der Waals surface area contributed by atoms with Crippen molar-refractivity contribution >= 4 is 5.71 Å². The number of halogens is 6. The molecule has 0 spiro atoms. The van der Waals surface area contributed by atoms with Crippen molar-refractivity contribution in [3.63, 3.8) is 0 Å². The number of alkyl halides is 6. The molecule has 0 bridgehead atoms. The van der Waals surface area contributed by atoms with Crippen LogP contribution in [0.25, 0.3) is 11.3 Å². The summed E-state index contributed by atoms with van der Waals surface area (Å²) in [5, 5.41) is 10.9. The first-order valence-corrected chi connectivity index (χ1v) is 10.8. The molecule has 1 aromatic heterocycles. The molecule has 2 aliphatic rings. The number of rotatable bonds is 6. The molecular weight excluding hydrogens is 474 g/mol. The van der Waals surface area contributed by atoms with E-state index in [1.807, 2.05) is 24.3 Å². The number of hydrogen-bond donors (Lipinski definition) is 1. The zero-order chi connectivity index (χ0) is 25.4. The third-order valence-electron chi connectivity index (χ3n) is 5.91. The predicted molar refractivity (Wildman–Crippen MR) is 119 cm³/mol. The van der Waals surface area contributed by atoms with Gasteiger partial charge in [0.05, 0.1) is 24.3 Å². The van der Waals surface area contributed by atoms with E-state index >= 15 is 0 Å². The van der Waals surface area contributed by atoms with E-state index < -0.39 is 36.1 Å². The van der Waals surface area contributed by atoms with E-state index in [1.54, 1.807) is 24.1 Å². The van der Waals surface area contributed by atoms with Crippen LogP contribution >= 0.6 is 0 Å². The van der Waals surface area contributed by atoms with Crippen molar-refractivity contribution in [2.45, 2.75) is 31.0 Å². The molecular formula is C25H22F6N2O2. The highest BCUT2D eigenvalue weighted by molar-refractivity contribution is 6.02. The predicted octanol–water partition coefficient (Wildman–Crippen LogP) is 5.73. The second-order valence-corrected chi connectivity index (χ2v) is 8.48. The van der Waals surface area contributed by atoms with E-state index in [2.05, 4.69) is 4.99 Å². The molecule has 1 aliphatic heterocycles. The minimum Gasteiger partial charge on any atom is -0.464 e. The Morgan fingerprint density at radius 2 is 1.83 bits per heavy atom. The molecule has 3 unspecified atom stereocenters. The Hall–Kier alpha value is -3.11. The molecule has 2 heterocycles. The number of likely N-dealkylation sites (N-methyl/N-ethyl adjacent to an activating group) is 1. The number of hydrogen-bond acceptors (Lipinski definition) is 4. The molecule has 0 amide bonds. The lowest BCUT2D eigenvalue weighted by Crippen LogP contribution is -2.42. The van der Waals surface area contributed by atoms with Crippen LogP contribution < -0.4 is 0 Å². The molecule has 0 saturated heterocycles. The van der Waals surface area contributed by atoms with Crippen LogP contribution in [-0.4, -0.2) is 53.8 Å². The maximum absolute atomic E-state index is 13.5. The normalized spacial score (nSPS) is 21.3. The van der Waals surface area contributed by atoms with Gasteiger partial charge in [-0.05, 0) is 42.0 Å². The van der Waals surface area contributed by atoms with E-state index in [4.69, 9.17) is 4.42 Å². The van der Waals surface area contributed by atoms with Gasteiger partial charge in [-0.2, -0.15) is 26.3 Å². The quantitative estimate of drug-likeness (QED) is 0.520. The minimum absolute atomic E-state index is 0.0697. The summed E-state index contributed by atoms with van der Waals surface area (Å²) in [6.07, 6.45) is -5.83. The number of allylic oxidation sites excluding steroid dienone is 3. The molecule has 1 aliphatic carbocycles. The Morgan fingerprint density at radius 3 is 2.49 bits per heavy atom. The van der Waals surface area contributed by atoms with Gasteiger partial charge in [-0.1, -0.05) is 42.5 Å². The smallest absolute Gasteiger partial charge is 0.432 e. The lowest BCUT2D eigenvalue weighted by atomic mass is 9.80. The van der Waals surface area contributed by atoms with Gasteiger partial charge in [-0.15, -0.1) is 0 Å². The van der Waals surface area contributed by atoms with Crippen LogP contribution in [0.1, 0.15) is 5.56 Å². The first kappa shape index (κ1) is 25.0. The Bertz CT molecular complexity index is 1180. The molecule has 35 heavy (non-hydrogen) atoms. The molecule has 1 N–H and O–H groups in total. The van der Waals surface area contributed by atoms with Gasteiger partial charge < -0.3 is 9.52 Å². The molecule has 10 heteroatoms. The standard InChI is InChI=1S/C25H22F6N2O2/c1-33(13-15-6-2-3-7-16(15)21-10-5-11-35-21)14-20(34)18-12-22(25(29,30)31)32-23-17(18)8-4-9-19(23)24(26,27)28/h2-12,19-20,23,34H,13-14H2,1H3. The SMILES string of the molecule is CN(Cc1ccccc1-c1ccco1)CC(O)C1=CC(C(F)(F)F)=NC2C1=CC=CC2C(F)(F)F. The van der Waals surface area contributed by atoms with Gasteiger partial charge in [-0.3, -0.25) is 9.89 Å². The van der Waals surface area contributed by atoms with Gasteiger partial charge in [0.2, 0.25) is 0 Å². The van der Waals surface area contributed by atoms with E-state index in [0.29, 0.717) is 18.4 Å². The second kappa shape index (κ2) is 9.50. The summed E-state index contributed by atoms with van der Waals surface area (Å²) in [6, 6.07) is 9.09. The zero-order valence-electron chi connectivity index (χ0n) is 18.5. The van der Waals surface area contributed by atoms with Crippen LogP contribution in [-0.2, 0) is 6.54 Å². The lowest BCUT2D eigenvalue weighted by Gasteiger charge is -2.35. The van der Waals surface area contributed by atoms with Crippen LogP contribution in [0.15, 0.2) is 87.5 Å². The highest BCUT2D eigenvalue weighted by Crippen LogP contribution is 2.42. The summed E-state index contributed by atoms with van der Waals surface area (Å²) < 4.78 is 86.6. The highest BCUT2D eigenvalue weighted by Gasteiger charge is 2.49. The average Bonchev–Trinajstić information content (AvgIpc) is 3.31. The van der Waals surface area contributed by atoms with E-state index in [-0.39, 0.29) is 17.7 Å². The van der Waals surface area contributed by atoms with Crippen molar-refractivity contribution in [3.8, 4) is 11.3 Å². The van der Waals surface area contributed by atoms with Crippen LogP contribution in [0.2, 0.25) is 0 Å². The van der Waals surface area contributed by atoms with Gasteiger partial charge in [0, 0.05) is 18.7 Å². The van der Waals surface area contributed by atoms with Crippen LogP contribution in [0.5, 0.6) is 0 Å². The average molecular weight is 496 g/mol. The minimum atomic E-state index is -4.96. The number of benzene rings is 1. The van der Waals surface area contributed by atoms with Crippen molar-refractivity contribution in [3.05, 3.63) is 83.7 Å². The molecule has 186 valence electrons. The summed E-state index contributed by atoms with van der Waals surface area (Å²) in [7, 11) is 1.66. The van der Waals surface area contributed by atoms with Crippen LogP contribution in [0.4, 0.5) is 26.3 Å². The fraction of sp³-hybridized carbons (Fsp3) is 0.320. The number of aliphatic hydroxyl groups is 1. The third kappa shape index (κ3) is 5.43. The largest absolute Gasteiger partial charge is 0.464 e. The van der Waals surface area contributed by atoms with Crippen LogP contribution in [0, 0.1) is 5.92 Å². The second-order valence-electron chi connectivity index (χ2n) is 8.48. The molecule has 4 nitrogen and oxygen atoms in total. The van der Waals surface area contributed by atoms with Gasteiger partial charge in [0.1, 0.15) is 11.5 Å². The van der Waals surface area contributed by atoms with Crippen molar-refractivity contribution < 1.29 is 35.9 Å². The van der Waals surface area contributed by atoms with E-state index in [9.17, 15) is 31.4 Å². The molecule has 2 aromatic rings. The Kier molecular flexibility index (Phi) is 6.79. The number of dihydropyridines is 1. The summed E-state index contributed by atoms with van der Waals surface area (Å²) in [4.78, 5) is 5.07. The first-order chi connectivity index (χ1) is 16.4. The van der Waals surface area contributed by atoms with E-state index in [0.717, 1.165) is 23.3 Å². The summed E-state index contributed by atoms with van der Waals surface area (Å²) in [5.41, 5.74) is -0.0663. The summed E-state index contributed by atoms with van der Waals surface area (Å²) in [5.74, 6) is -1.58. The number of nitrogens with zero attached hydrogens (tertiary/aromatic N) is 2. The maximum atomic E-state index is 13.5. The Balaban J connectivity index is 1.58. The molecule has 0 radical (unpaired) electrons. The molecule has 4 rings (SSSR count). The maximum Gasteiger partial charge on any atom is 0.432 e. The Morgan fingerprint density at radius 1 is 1.09 bits per heavy atom. The topological polar surface area (TPSA) is 49.0 Å². The van der Waals surface area contributed by atoms with Gasteiger partial charge in [0.15, 0.2) is 0 Å². The third-order valence-corrected chi connectivity index (χ3v) is 5.91. The van der Waals surface area contributed by atoms with E-state index in [1.165, 1.54) is 12.3 Å².